The fourth-order valence-corrected chi connectivity index (χ4v) is 6.81. The van der Waals surface area contributed by atoms with Crippen LogP contribution >= 0.6 is 11.6 Å². The molecule has 7 heteroatoms. The highest BCUT2D eigenvalue weighted by atomic mass is 35.5. The molecule has 2 aliphatic rings. The SMILES string of the molecule is CCN(CC)S(=O)(=O)c1cc(C(=O)N[C@@H](C)[C@@H]2C[C@@H]3CC[C@@H]2C3)ccc1Cl. The quantitative estimate of drug-likeness (QED) is 0.737. The number of rotatable bonds is 7. The molecule has 4 atom stereocenters. The number of carbonyl (C=O) groups is 1. The van der Waals surface area contributed by atoms with Crippen molar-refractivity contribution >= 4 is 27.5 Å². The van der Waals surface area contributed by atoms with Crippen LogP contribution < -0.4 is 5.32 Å². The van der Waals surface area contributed by atoms with Gasteiger partial charge in [0.2, 0.25) is 10.0 Å². The number of nitrogens with zero attached hydrogens (tertiary/aromatic N) is 1. The Kier molecular flexibility index (Phi) is 6.18. The lowest BCUT2D eigenvalue weighted by Gasteiger charge is -2.28. The van der Waals surface area contributed by atoms with Crippen LogP contribution in [0.25, 0.3) is 0 Å². The van der Waals surface area contributed by atoms with Gasteiger partial charge in [-0.25, -0.2) is 8.42 Å². The van der Waals surface area contributed by atoms with Crippen LogP contribution in [-0.4, -0.2) is 37.8 Å². The zero-order valence-electron chi connectivity index (χ0n) is 16.2. The van der Waals surface area contributed by atoms with E-state index in [2.05, 4.69) is 12.2 Å². The molecule has 2 fully saturated rings. The Balaban J connectivity index is 1.78. The highest BCUT2D eigenvalue weighted by molar-refractivity contribution is 7.89. The highest BCUT2D eigenvalue weighted by Crippen LogP contribution is 2.49. The van der Waals surface area contributed by atoms with E-state index in [4.69, 9.17) is 11.6 Å². The van der Waals surface area contributed by atoms with Gasteiger partial charge in [0, 0.05) is 24.7 Å². The first-order chi connectivity index (χ1) is 12.8. The van der Waals surface area contributed by atoms with Crippen LogP contribution in [0.4, 0.5) is 0 Å². The molecular weight excluding hydrogens is 384 g/mol. The van der Waals surface area contributed by atoms with Gasteiger partial charge in [0.1, 0.15) is 4.90 Å². The summed E-state index contributed by atoms with van der Waals surface area (Å²) >= 11 is 6.16. The summed E-state index contributed by atoms with van der Waals surface area (Å²) in [6.45, 7) is 6.33. The van der Waals surface area contributed by atoms with Gasteiger partial charge in [-0.05, 0) is 62.1 Å². The number of amides is 1. The maximum Gasteiger partial charge on any atom is 0.251 e. The van der Waals surface area contributed by atoms with Crippen molar-refractivity contribution in [2.24, 2.45) is 17.8 Å². The number of benzene rings is 1. The second-order valence-corrected chi connectivity index (χ2v) is 10.1. The molecule has 2 bridgehead atoms. The molecule has 3 rings (SSSR count). The Morgan fingerprint density at radius 1 is 1.26 bits per heavy atom. The van der Waals surface area contributed by atoms with Gasteiger partial charge in [0.15, 0.2) is 0 Å². The smallest absolute Gasteiger partial charge is 0.251 e. The van der Waals surface area contributed by atoms with Crippen molar-refractivity contribution in [3.8, 4) is 0 Å². The summed E-state index contributed by atoms with van der Waals surface area (Å²) in [5.41, 5.74) is 0.333. The maximum atomic E-state index is 12.8. The van der Waals surface area contributed by atoms with Gasteiger partial charge >= 0.3 is 0 Å². The van der Waals surface area contributed by atoms with Crippen molar-refractivity contribution in [1.82, 2.24) is 9.62 Å². The first kappa shape index (κ1) is 20.6. The molecule has 2 saturated carbocycles. The lowest BCUT2D eigenvalue weighted by molar-refractivity contribution is 0.0915. The fraction of sp³-hybridized carbons (Fsp3) is 0.650. The molecule has 0 saturated heterocycles. The van der Waals surface area contributed by atoms with Crippen LogP contribution in [0.2, 0.25) is 5.02 Å². The lowest BCUT2D eigenvalue weighted by atomic mass is 9.84. The van der Waals surface area contributed by atoms with Crippen LogP contribution in [-0.2, 0) is 10.0 Å². The minimum atomic E-state index is -3.72. The van der Waals surface area contributed by atoms with Gasteiger partial charge in [-0.1, -0.05) is 31.9 Å². The van der Waals surface area contributed by atoms with E-state index in [9.17, 15) is 13.2 Å². The normalized spacial score (nSPS) is 25.7. The van der Waals surface area contributed by atoms with Crippen molar-refractivity contribution < 1.29 is 13.2 Å². The molecule has 0 heterocycles. The van der Waals surface area contributed by atoms with E-state index in [1.54, 1.807) is 19.9 Å². The summed E-state index contributed by atoms with van der Waals surface area (Å²) in [6.07, 6.45) is 5.07. The van der Waals surface area contributed by atoms with E-state index in [0.29, 0.717) is 30.5 Å². The summed E-state index contributed by atoms with van der Waals surface area (Å²) in [5, 5.41) is 3.23. The third-order valence-electron chi connectivity index (χ3n) is 6.31. The zero-order chi connectivity index (χ0) is 19.8. The first-order valence-corrected chi connectivity index (χ1v) is 11.7. The zero-order valence-corrected chi connectivity index (χ0v) is 17.8. The van der Waals surface area contributed by atoms with Crippen LogP contribution in [0.5, 0.6) is 0 Å². The molecule has 0 radical (unpaired) electrons. The van der Waals surface area contributed by atoms with Gasteiger partial charge < -0.3 is 5.32 Å². The summed E-state index contributed by atoms with van der Waals surface area (Å²) in [4.78, 5) is 12.7. The van der Waals surface area contributed by atoms with Crippen molar-refractivity contribution in [1.29, 1.82) is 0 Å². The molecule has 150 valence electrons. The van der Waals surface area contributed by atoms with Gasteiger partial charge in [0.25, 0.3) is 5.91 Å². The van der Waals surface area contributed by atoms with Crippen molar-refractivity contribution in [3.63, 3.8) is 0 Å². The number of hydrogen-bond donors (Lipinski definition) is 1. The third-order valence-corrected chi connectivity index (χ3v) is 8.84. The number of carbonyl (C=O) groups excluding carboxylic acids is 1. The third kappa shape index (κ3) is 4.03. The second-order valence-electron chi connectivity index (χ2n) is 7.84. The average molecular weight is 413 g/mol. The van der Waals surface area contributed by atoms with Gasteiger partial charge in [0.05, 0.1) is 5.02 Å². The largest absolute Gasteiger partial charge is 0.349 e. The molecule has 1 N–H and O–H groups in total. The minimum Gasteiger partial charge on any atom is -0.349 e. The molecule has 5 nitrogen and oxygen atoms in total. The second kappa shape index (κ2) is 8.10. The Morgan fingerprint density at radius 3 is 2.52 bits per heavy atom. The monoisotopic (exact) mass is 412 g/mol. The summed E-state index contributed by atoms with van der Waals surface area (Å²) in [6, 6.07) is 4.58. The Morgan fingerprint density at radius 2 is 1.96 bits per heavy atom. The molecule has 1 amide bonds. The van der Waals surface area contributed by atoms with E-state index in [-0.39, 0.29) is 21.9 Å². The van der Waals surface area contributed by atoms with Gasteiger partial charge in [-0.2, -0.15) is 4.31 Å². The van der Waals surface area contributed by atoms with Crippen molar-refractivity contribution in [2.75, 3.05) is 13.1 Å². The Labute approximate surface area is 167 Å². The van der Waals surface area contributed by atoms with Crippen LogP contribution in [0.15, 0.2) is 23.1 Å². The Bertz CT molecular complexity index is 807. The fourth-order valence-electron chi connectivity index (χ4n) is 4.85. The summed E-state index contributed by atoms with van der Waals surface area (Å²) in [7, 11) is -3.72. The molecule has 0 aromatic heterocycles. The molecule has 0 aliphatic heterocycles. The number of halogens is 1. The van der Waals surface area contributed by atoms with Crippen LogP contribution in [0.1, 0.15) is 56.8 Å². The predicted octanol–water partition coefficient (Wildman–Crippen LogP) is 3.93. The van der Waals surface area contributed by atoms with E-state index in [1.807, 2.05) is 0 Å². The van der Waals surface area contributed by atoms with Crippen LogP contribution in [0.3, 0.4) is 0 Å². The summed E-state index contributed by atoms with van der Waals surface area (Å²) < 4.78 is 27.0. The summed E-state index contributed by atoms with van der Waals surface area (Å²) in [5.74, 6) is 1.83. The molecule has 0 spiro atoms. The van der Waals surface area contributed by atoms with E-state index >= 15 is 0 Å². The molecule has 2 aliphatic carbocycles. The standard InChI is InChI=1S/C20H29ClN2O3S/c1-4-23(5-2)27(25,26)19-12-16(8-9-18(19)21)20(24)22-13(3)17-11-14-6-7-15(17)10-14/h8-9,12-15,17H,4-7,10-11H2,1-3H3,(H,22,24)/t13-,14+,15+,17-/m0/s1. The lowest BCUT2D eigenvalue weighted by Crippen LogP contribution is -2.40. The number of fused-ring (bicyclic) bond motifs is 2. The molecule has 1 aromatic carbocycles. The molecule has 0 unspecified atom stereocenters. The van der Waals surface area contributed by atoms with E-state index in [1.165, 1.54) is 42.1 Å². The topological polar surface area (TPSA) is 66.5 Å². The Hall–Kier alpha value is -1.11. The number of hydrogen-bond acceptors (Lipinski definition) is 3. The molecular formula is C20H29ClN2O3S. The first-order valence-electron chi connectivity index (χ1n) is 9.88. The van der Waals surface area contributed by atoms with Gasteiger partial charge in [-0.3, -0.25) is 4.79 Å². The van der Waals surface area contributed by atoms with Crippen molar-refractivity contribution in [2.45, 2.75) is 57.4 Å². The molecule has 1 aromatic rings. The molecule has 27 heavy (non-hydrogen) atoms. The van der Waals surface area contributed by atoms with E-state index in [0.717, 1.165) is 5.92 Å². The predicted molar refractivity (Wildman–Crippen MR) is 107 cm³/mol. The average Bonchev–Trinajstić information content (AvgIpc) is 3.26. The van der Waals surface area contributed by atoms with E-state index < -0.39 is 10.0 Å². The highest BCUT2D eigenvalue weighted by Gasteiger charge is 2.42. The maximum absolute atomic E-state index is 12.8. The van der Waals surface area contributed by atoms with Gasteiger partial charge in [-0.15, -0.1) is 0 Å². The van der Waals surface area contributed by atoms with Crippen molar-refractivity contribution in [3.05, 3.63) is 28.8 Å². The van der Waals surface area contributed by atoms with Crippen LogP contribution in [0, 0.1) is 17.8 Å². The number of sulfonamides is 1. The number of nitrogens with one attached hydrogen (secondary N) is 1. The minimum absolute atomic E-state index is 0.00640.